The van der Waals surface area contributed by atoms with Crippen molar-refractivity contribution in [2.45, 2.75) is 25.3 Å². The van der Waals surface area contributed by atoms with Crippen LogP contribution < -0.4 is 5.73 Å². The normalized spacial score (nSPS) is 13.7. The van der Waals surface area contributed by atoms with Crippen molar-refractivity contribution in [3.8, 4) is 0 Å². The molecule has 0 saturated heterocycles. The van der Waals surface area contributed by atoms with Gasteiger partial charge in [-0.05, 0) is 24.5 Å². The van der Waals surface area contributed by atoms with Crippen LogP contribution in [-0.4, -0.2) is 23.5 Å². The summed E-state index contributed by atoms with van der Waals surface area (Å²) in [6.07, 6.45) is 0.829. The van der Waals surface area contributed by atoms with Crippen LogP contribution in [0.2, 0.25) is 0 Å². The lowest BCUT2D eigenvalue weighted by molar-refractivity contribution is 0.0903. The summed E-state index contributed by atoms with van der Waals surface area (Å²) in [7, 11) is 0. The maximum absolute atomic E-state index is 11.4. The van der Waals surface area contributed by atoms with E-state index in [1.807, 2.05) is 37.3 Å². The molecule has 3 nitrogen and oxygen atoms in total. The smallest absolute Gasteiger partial charge is 0.188 e. The van der Waals surface area contributed by atoms with Gasteiger partial charge in [0.2, 0.25) is 0 Å². The van der Waals surface area contributed by atoms with E-state index < -0.39 is 6.61 Å². The maximum atomic E-state index is 11.4. The standard InChI is InChI=1S/C18H21NO2/c1-13(19)17(15-5-3-2-4-6-15)11-14-7-9-16(10-8-14)18(21)12-20/h2-10,13,17,20H,11-12,19H2,1H3. The Morgan fingerprint density at radius 2 is 1.71 bits per heavy atom. The number of aliphatic hydroxyl groups is 1. The first-order valence-electron chi connectivity index (χ1n) is 7.15. The lowest BCUT2D eigenvalue weighted by atomic mass is 9.87. The second-order valence-electron chi connectivity index (χ2n) is 5.36. The number of carbonyl (C=O) groups excluding carboxylic acids is 1. The summed E-state index contributed by atoms with van der Waals surface area (Å²) in [5, 5.41) is 8.86. The van der Waals surface area contributed by atoms with Crippen molar-refractivity contribution in [3.63, 3.8) is 0 Å². The summed E-state index contributed by atoms with van der Waals surface area (Å²) in [6, 6.07) is 17.7. The van der Waals surface area contributed by atoms with Gasteiger partial charge in [-0.1, -0.05) is 54.6 Å². The zero-order valence-electron chi connectivity index (χ0n) is 12.2. The van der Waals surface area contributed by atoms with Gasteiger partial charge in [-0.2, -0.15) is 0 Å². The molecule has 0 aromatic heterocycles. The molecule has 2 aromatic carbocycles. The summed E-state index contributed by atoms with van der Waals surface area (Å²) in [5.41, 5.74) is 9.03. The minimum Gasteiger partial charge on any atom is -0.388 e. The summed E-state index contributed by atoms with van der Waals surface area (Å²) >= 11 is 0. The Labute approximate surface area is 125 Å². The van der Waals surface area contributed by atoms with E-state index in [0.717, 1.165) is 12.0 Å². The van der Waals surface area contributed by atoms with Crippen molar-refractivity contribution in [1.29, 1.82) is 0 Å². The Morgan fingerprint density at radius 3 is 2.24 bits per heavy atom. The van der Waals surface area contributed by atoms with E-state index in [9.17, 15) is 4.79 Å². The molecule has 110 valence electrons. The molecule has 0 saturated carbocycles. The highest BCUT2D eigenvalue weighted by molar-refractivity contribution is 5.96. The lowest BCUT2D eigenvalue weighted by Crippen LogP contribution is -2.26. The Balaban J connectivity index is 2.16. The zero-order valence-corrected chi connectivity index (χ0v) is 12.2. The van der Waals surface area contributed by atoms with Crippen molar-refractivity contribution < 1.29 is 9.90 Å². The van der Waals surface area contributed by atoms with Gasteiger partial charge in [0.1, 0.15) is 6.61 Å². The molecule has 2 unspecified atom stereocenters. The fourth-order valence-corrected chi connectivity index (χ4v) is 2.48. The number of benzene rings is 2. The minimum absolute atomic E-state index is 0.0474. The lowest BCUT2D eigenvalue weighted by Gasteiger charge is -2.21. The highest BCUT2D eigenvalue weighted by Gasteiger charge is 2.16. The van der Waals surface area contributed by atoms with Crippen LogP contribution in [0.25, 0.3) is 0 Å². The van der Waals surface area contributed by atoms with Gasteiger partial charge in [-0.15, -0.1) is 0 Å². The summed E-state index contributed by atoms with van der Waals surface area (Å²) < 4.78 is 0. The number of hydrogen-bond donors (Lipinski definition) is 2. The Morgan fingerprint density at radius 1 is 1.10 bits per heavy atom. The number of aliphatic hydroxyl groups excluding tert-OH is 1. The predicted octanol–water partition coefficient (Wildman–Crippen LogP) is 2.54. The summed E-state index contributed by atoms with van der Waals surface area (Å²) in [6.45, 7) is 1.56. The molecule has 0 fully saturated rings. The van der Waals surface area contributed by atoms with E-state index in [4.69, 9.17) is 10.8 Å². The van der Waals surface area contributed by atoms with Crippen LogP contribution in [0.15, 0.2) is 54.6 Å². The summed E-state index contributed by atoms with van der Waals surface area (Å²) in [4.78, 5) is 11.4. The number of hydrogen-bond acceptors (Lipinski definition) is 3. The average molecular weight is 283 g/mol. The maximum Gasteiger partial charge on any atom is 0.188 e. The van der Waals surface area contributed by atoms with Crippen molar-refractivity contribution in [3.05, 3.63) is 71.3 Å². The van der Waals surface area contributed by atoms with Gasteiger partial charge in [0, 0.05) is 17.5 Å². The minimum atomic E-state index is -0.453. The fourth-order valence-electron chi connectivity index (χ4n) is 2.48. The third-order valence-electron chi connectivity index (χ3n) is 3.74. The van der Waals surface area contributed by atoms with Crippen molar-refractivity contribution in [2.24, 2.45) is 5.73 Å². The van der Waals surface area contributed by atoms with Crippen LogP contribution in [0.3, 0.4) is 0 Å². The van der Waals surface area contributed by atoms with Gasteiger partial charge in [0.25, 0.3) is 0 Å². The van der Waals surface area contributed by atoms with Crippen molar-refractivity contribution in [1.82, 2.24) is 0 Å². The van der Waals surface area contributed by atoms with Crippen molar-refractivity contribution in [2.75, 3.05) is 6.61 Å². The van der Waals surface area contributed by atoms with E-state index in [2.05, 4.69) is 12.1 Å². The average Bonchev–Trinajstić information content (AvgIpc) is 2.53. The monoisotopic (exact) mass is 283 g/mol. The van der Waals surface area contributed by atoms with E-state index in [-0.39, 0.29) is 17.7 Å². The third-order valence-corrected chi connectivity index (χ3v) is 3.74. The molecule has 0 aliphatic rings. The van der Waals surface area contributed by atoms with Crippen LogP contribution >= 0.6 is 0 Å². The zero-order chi connectivity index (χ0) is 15.2. The predicted molar refractivity (Wildman–Crippen MR) is 84.4 cm³/mol. The largest absolute Gasteiger partial charge is 0.388 e. The molecule has 0 bridgehead atoms. The van der Waals surface area contributed by atoms with Crippen LogP contribution in [0.1, 0.15) is 34.3 Å². The number of Topliss-reactive ketones (excluding diaryl/α,β-unsaturated/α-hetero) is 1. The van der Waals surface area contributed by atoms with Gasteiger partial charge in [0.15, 0.2) is 5.78 Å². The molecule has 0 heterocycles. The molecule has 3 heteroatoms. The molecule has 0 amide bonds. The first kappa shape index (κ1) is 15.4. The molecule has 3 N–H and O–H groups in total. The van der Waals surface area contributed by atoms with Crippen molar-refractivity contribution >= 4 is 5.78 Å². The van der Waals surface area contributed by atoms with Crippen LogP contribution in [0.5, 0.6) is 0 Å². The van der Waals surface area contributed by atoms with Gasteiger partial charge < -0.3 is 10.8 Å². The molecule has 0 spiro atoms. The first-order valence-corrected chi connectivity index (χ1v) is 7.15. The van der Waals surface area contributed by atoms with E-state index in [1.165, 1.54) is 5.56 Å². The second-order valence-corrected chi connectivity index (χ2v) is 5.36. The summed E-state index contributed by atoms with van der Waals surface area (Å²) in [5.74, 6) is -0.0149. The van der Waals surface area contributed by atoms with Crippen LogP contribution in [0.4, 0.5) is 0 Å². The number of ketones is 1. The van der Waals surface area contributed by atoms with E-state index in [1.54, 1.807) is 12.1 Å². The Hall–Kier alpha value is -1.97. The Bertz CT molecular complexity index is 576. The highest BCUT2D eigenvalue weighted by atomic mass is 16.3. The number of rotatable bonds is 6. The molecular weight excluding hydrogens is 262 g/mol. The molecule has 21 heavy (non-hydrogen) atoms. The second kappa shape index (κ2) is 7.16. The molecule has 2 rings (SSSR count). The molecule has 2 atom stereocenters. The van der Waals surface area contributed by atoms with E-state index >= 15 is 0 Å². The van der Waals surface area contributed by atoms with Gasteiger partial charge >= 0.3 is 0 Å². The quantitative estimate of drug-likeness (QED) is 0.801. The van der Waals surface area contributed by atoms with Crippen LogP contribution in [-0.2, 0) is 6.42 Å². The number of nitrogens with two attached hydrogens (primary N) is 1. The van der Waals surface area contributed by atoms with Gasteiger partial charge in [-0.25, -0.2) is 0 Å². The number of carbonyl (C=O) groups is 1. The van der Waals surface area contributed by atoms with Crippen LogP contribution in [0, 0.1) is 0 Å². The molecular formula is C18H21NO2. The molecule has 0 aliphatic carbocycles. The molecule has 2 aromatic rings. The van der Waals surface area contributed by atoms with E-state index in [0.29, 0.717) is 5.56 Å². The van der Waals surface area contributed by atoms with Gasteiger partial charge in [-0.3, -0.25) is 4.79 Å². The topological polar surface area (TPSA) is 63.3 Å². The Kier molecular flexibility index (Phi) is 5.26. The molecule has 0 radical (unpaired) electrons. The molecule has 0 aliphatic heterocycles. The first-order chi connectivity index (χ1) is 10.1. The SMILES string of the molecule is CC(N)C(Cc1ccc(C(=O)CO)cc1)c1ccccc1. The highest BCUT2D eigenvalue weighted by Crippen LogP contribution is 2.23. The fraction of sp³-hybridized carbons (Fsp3) is 0.278. The van der Waals surface area contributed by atoms with Gasteiger partial charge in [0.05, 0.1) is 0 Å². The third kappa shape index (κ3) is 4.00.